The number of hydrogen-bond acceptors (Lipinski definition) is 2. The van der Waals surface area contributed by atoms with Crippen LogP contribution >= 0.6 is 0 Å². The largest absolute Gasteiger partial charge is 0.333 e. The summed E-state index contributed by atoms with van der Waals surface area (Å²) in [4.78, 5) is 19.0. The van der Waals surface area contributed by atoms with Crippen LogP contribution in [0.4, 0.5) is 4.39 Å². The van der Waals surface area contributed by atoms with Crippen molar-refractivity contribution in [2.75, 3.05) is 7.05 Å². The Kier molecular flexibility index (Phi) is 4.70. The molecule has 1 fully saturated rings. The summed E-state index contributed by atoms with van der Waals surface area (Å²) in [5, 5.41) is 0. The van der Waals surface area contributed by atoms with Crippen LogP contribution < -0.4 is 0 Å². The van der Waals surface area contributed by atoms with E-state index in [0.29, 0.717) is 0 Å². The molecule has 23 heavy (non-hydrogen) atoms. The third-order valence-corrected chi connectivity index (χ3v) is 4.57. The predicted molar refractivity (Wildman–Crippen MR) is 87.2 cm³/mol. The SMILES string of the molecule is CN(C(=O)C1CCCC1)[C@@H](c1cccc(F)c1)c1ccccn1. The Morgan fingerprint density at radius 1 is 1.22 bits per heavy atom. The lowest BCUT2D eigenvalue weighted by Crippen LogP contribution is -2.36. The van der Waals surface area contributed by atoms with E-state index in [1.165, 1.54) is 12.1 Å². The number of amides is 1. The van der Waals surface area contributed by atoms with Crippen LogP contribution in [0.2, 0.25) is 0 Å². The molecular weight excluding hydrogens is 291 g/mol. The second-order valence-electron chi connectivity index (χ2n) is 6.14. The smallest absolute Gasteiger partial charge is 0.226 e. The van der Waals surface area contributed by atoms with E-state index in [4.69, 9.17) is 0 Å². The van der Waals surface area contributed by atoms with Crippen LogP contribution in [0, 0.1) is 11.7 Å². The molecule has 1 aromatic heterocycles. The Morgan fingerprint density at radius 3 is 2.65 bits per heavy atom. The lowest BCUT2D eigenvalue weighted by Gasteiger charge is -2.30. The maximum absolute atomic E-state index is 13.7. The molecule has 0 unspecified atom stereocenters. The predicted octanol–water partition coefficient (Wildman–Crippen LogP) is 3.96. The van der Waals surface area contributed by atoms with Gasteiger partial charge in [0.05, 0.1) is 11.7 Å². The van der Waals surface area contributed by atoms with Crippen molar-refractivity contribution in [1.29, 1.82) is 0 Å². The molecular formula is C19H21FN2O. The second-order valence-corrected chi connectivity index (χ2v) is 6.14. The molecule has 1 saturated carbocycles. The highest BCUT2D eigenvalue weighted by Gasteiger charge is 2.31. The molecule has 0 bridgehead atoms. The van der Waals surface area contributed by atoms with Crippen LogP contribution in [0.3, 0.4) is 0 Å². The molecule has 1 aromatic carbocycles. The van der Waals surface area contributed by atoms with Crippen molar-refractivity contribution in [1.82, 2.24) is 9.88 Å². The fraction of sp³-hybridized carbons (Fsp3) is 0.368. The number of benzene rings is 1. The topological polar surface area (TPSA) is 33.2 Å². The maximum Gasteiger partial charge on any atom is 0.226 e. The zero-order chi connectivity index (χ0) is 16.2. The maximum atomic E-state index is 13.7. The minimum absolute atomic E-state index is 0.0831. The van der Waals surface area contributed by atoms with Gasteiger partial charge in [-0.15, -0.1) is 0 Å². The first-order valence-corrected chi connectivity index (χ1v) is 8.10. The number of carbonyl (C=O) groups excluding carboxylic acids is 1. The van der Waals surface area contributed by atoms with Crippen LogP contribution in [0.15, 0.2) is 48.7 Å². The number of hydrogen-bond donors (Lipinski definition) is 0. The first-order valence-electron chi connectivity index (χ1n) is 8.10. The van der Waals surface area contributed by atoms with Crippen molar-refractivity contribution < 1.29 is 9.18 Å². The zero-order valence-corrected chi connectivity index (χ0v) is 13.3. The van der Waals surface area contributed by atoms with Gasteiger partial charge in [-0.05, 0) is 42.7 Å². The summed E-state index contributed by atoms with van der Waals surface area (Å²) < 4.78 is 13.7. The van der Waals surface area contributed by atoms with Crippen molar-refractivity contribution >= 4 is 5.91 Å². The van der Waals surface area contributed by atoms with Crippen LogP contribution in [0.25, 0.3) is 0 Å². The molecule has 0 aliphatic heterocycles. The number of pyridine rings is 1. The fourth-order valence-corrected chi connectivity index (χ4v) is 3.40. The van der Waals surface area contributed by atoms with Gasteiger partial charge in [-0.25, -0.2) is 4.39 Å². The monoisotopic (exact) mass is 312 g/mol. The second kappa shape index (κ2) is 6.90. The van der Waals surface area contributed by atoms with Crippen molar-refractivity contribution in [3.63, 3.8) is 0 Å². The molecule has 3 nitrogen and oxygen atoms in total. The van der Waals surface area contributed by atoms with E-state index in [-0.39, 0.29) is 23.7 Å². The summed E-state index contributed by atoms with van der Waals surface area (Å²) in [6.45, 7) is 0. The zero-order valence-electron chi connectivity index (χ0n) is 13.3. The molecule has 0 radical (unpaired) electrons. The summed E-state index contributed by atoms with van der Waals surface area (Å²) in [5.41, 5.74) is 1.50. The van der Waals surface area contributed by atoms with Crippen LogP contribution in [0.1, 0.15) is 43.0 Å². The summed E-state index contributed by atoms with van der Waals surface area (Å²) in [6.07, 6.45) is 5.81. The van der Waals surface area contributed by atoms with Gasteiger partial charge >= 0.3 is 0 Å². The Labute approximate surface area is 136 Å². The van der Waals surface area contributed by atoms with Gasteiger partial charge in [0.25, 0.3) is 0 Å². The summed E-state index contributed by atoms with van der Waals surface area (Å²) in [7, 11) is 1.80. The Hall–Kier alpha value is -2.23. The number of rotatable bonds is 4. The highest BCUT2D eigenvalue weighted by molar-refractivity contribution is 5.79. The van der Waals surface area contributed by atoms with Gasteiger partial charge in [-0.3, -0.25) is 9.78 Å². The Balaban J connectivity index is 1.96. The van der Waals surface area contributed by atoms with Gasteiger partial charge in [0.2, 0.25) is 5.91 Å². The van der Waals surface area contributed by atoms with Crippen LogP contribution in [-0.4, -0.2) is 22.8 Å². The van der Waals surface area contributed by atoms with Crippen molar-refractivity contribution in [2.24, 2.45) is 5.92 Å². The molecule has 3 rings (SSSR count). The van der Waals surface area contributed by atoms with Crippen LogP contribution in [-0.2, 0) is 4.79 Å². The minimum atomic E-state index is -0.361. The molecule has 0 saturated heterocycles. The van der Waals surface area contributed by atoms with Gasteiger partial charge in [0.15, 0.2) is 0 Å². The van der Waals surface area contributed by atoms with E-state index >= 15 is 0 Å². The number of halogens is 1. The quantitative estimate of drug-likeness (QED) is 0.856. The van der Waals surface area contributed by atoms with Gasteiger partial charge < -0.3 is 4.90 Å². The van der Waals surface area contributed by atoms with E-state index in [9.17, 15) is 9.18 Å². The Morgan fingerprint density at radius 2 is 2.00 bits per heavy atom. The molecule has 2 aromatic rings. The molecule has 0 spiro atoms. The highest BCUT2D eigenvalue weighted by atomic mass is 19.1. The van der Waals surface area contributed by atoms with Gasteiger partial charge in [0.1, 0.15) is 5.82 Å². The van der Waals surface area contributed by atoms with E-state index < -0.39 is 0 Å². The van der Waals surface area contributed by atoms with Crippen LogP contribution in [0.5, 0.6) is 0 Å². The van der Waals surface area contributed by atoms with Gasteiger partial charge in [0, 0.05) is 19.2 Å². The molecule has 1 heterocycles. The Bertz CT molecular complexity index is 668. The molecule has 1 atom stereocenters. The average Bonchev–Trinajstić information content (AvgIpc) is 3.10. The molecule has 1 amide bonds. The third kappa shape index (κ3) is 3.41. The normalized spacial score (nSPS) is 16.3. The number of carbonyl (C=O) groups is 1. The number of aromatic nitrogens is 1. The number of nitrogens with zero attached hydrogens (tertiary/aromatic N) is 2. The standard InChI is InChI=1S/C19H21FN2O/c1-22(19(23)14-7-2-3-8-14)18(17-11-4-5-12-21-17)15-9-6-10-16(20)13-15/h4-6,9-14,18H,2-3,7-8H2,1H3/t18-/m0/s1. The van der Waals surface area contributed by atoms with E-state index in [0.717, 1.165) is 36.9 Å². The van der Waals surface area contributed by atoms with Gasteiger partial charge in [-0.1, -0.05) is 31.0 Å². The molecule has 4 heteroatoms. The molecule has 0 N–H and O–H groups in total. The van der Waals surface area contributed by atoms with E-state index in [1.54, 1.807) is 24.2 Å². The van der Waals surface area contributed by atoms with Crippen molar-refractivity contribution in [3.05, 3.63) is 65.7 Å². The average molecular weight is 312 g/mol. The lowest BCUT2D eigenvalue weighted by molar-refractivity contribution is -0.135. The summed E-state index contributed by atoms with van der Waals surface area (Å²) in [6, 6.07) is 11.7. The highest BCUT2D eigenvalue weighted by Crippen LogP contribution is 2.32. The van der Waals surface area contributed by atoms with E-state index in [2.05, 4.69) is 4.98 Å². The van der Waals surface area contributed by atoms with Gasteiger partial charge in [-0.2, -0.15) is 0 Å². The van der Waals surface area contributed by atoms with Crippen molar-refractivity contribution in [3.8, 4) is 0 Å². The minimum Gasteiger partial charge on any atom is -0.333 e. The van der Waals surface area contributed by atoms with Crippen molar-refractivity contribution in [2.45, 2.75) is 31.7 Å². The summed E-state index contributed by atoms with van der Waals surface area (Å²) in [5.74, 6) is -0.0904. The third-order valence-electron chi connectivity index (χ3n) is 4.57. The lowest BCUT2D eigenvalue weighted by atomic mass is 9.99. The molecule has 120 valence electrons. The summed E-state index contributed by atoms with van der Waals surface area (Å²) >= 11 is 0. The molecule has 1 aliphatic rings. The molecule has 1 aliphatic carbocycles. The fourth-order valence-electron chi connectivity index (χ4n) is 3.40. The first-order chi connectivity index (χ1) is 11.2. The van der Waals surface area contributed by atoms with E-state index in [1.807, 2.05) is 24.3 Å². The first kappa shape index (κ1) is 15.7.